The number of alkyl halides is 3. The molecule has 4 rings (SSSR count). The average Bonchev–Trinajstić information content (AvgIpc) is 2.71. The molecule has 2 heterocycles. The summed E-state index contributed by atoms with van der Waals surface area (Å²) >= 11 is 0. The van der Waals surface area contributed by atoms with E-state index in [-0.39, 0.29) is 23.7 Å². The number of carbonyl (C=O) groups excluding carboxylic acids is 1. The van der Waals surface area contributed by atoms with E-state index < -0.39 is 11.7 Å². The molecule has 2 aliphatic rings. The van der Waals surface area contributed by atoms with E-state index in [0.717, 1.165) is 36.3 Å². The van der Waals surface area contributed by atoms with E-state index in [1.165, 1.54) is 13.2 Å². The van der Waals surface area contributed by atoms with Gasteiger partial charge in [-0.2, -0.15) is 13.2 Å². The van der Waals surface area contributed by atoms with E-state index >= 15 is 0 Å². The molecule has 0 bridgehead atoms. The van der Waals surface area contributed by atoms with Gasteiger partial charge < -0.3 is 19.3 Å². The normalized spacial score (nSPS) is 18.8. The maximum atomic E-state index is 13.2. The molecule has 1 saturated heterocycles. The number of benzene rings is 2. The lowest BCUT2D eigenvalue weighted by Crippen LogP contribution is -2.50. The van der Waals surface area contributed by atoms with Gasteiger partial charge in [-0.25, -0.2) is 0 Å². The van der Waals surface area contributed by atoms with Gasteiger partial charge in [0.05, 0.1) is 30.8 Å². The Morgan fingerprint density at radius 1 is 1.13 bits per heavy atom. The molecule has 0 aliphatic carbocycles. The van der Waals surface area contributed by atoms with Gasteiger partial charge in [0, 0.05) is 24.5 Å². The number of carbonyl (C=O) groups is 1. The molecule has 1 atom stereocenters. The van der Waals surface area contributed by atoms with Gasteiger partial charge in [-0.05, 0) is 42.8 Å². The number of hydrogen-bond donors (Lipinski definition) is 0. The lowest BCUT2D eigenvalue weighted by molar-refractivity contribution is -0.146. The number of fused-ring (bicyclic) bond motifs is 1. The third kappa shape index (κ3) is 4.29. The predicted octanol–water partition coefficient (Wildman–Crippen LogP) is 5.01. The fraction of sp³-hybridized carbons (Fsp3) is 0.435. The summed E-state index contributed by atoms with van der Waals surface area (Å²) in [4.78, 5) is 15.8. The Hall–Kier alpha value is -2.90. The van der Waals surface area contributed by atoms with Gasteiger partial charge in [-0.3, -0.25) is 4.79 Å². The Morgan fingerprint density at radius 2 is 1.87 bits per heavy atom. The number of anilines is 3. The minimum atomic E-state index is -4.42. The molecule has 2 aromatic carbocycles. The highest BCUT2D eigenvalue weighted by atomic mass is 19.4. The maximum absolute atomic E-state index is 13.2. The highest BCUT2D eigenvalue weighted by Crippen LogP contribution is 2.43. The zero-order valence-corrected chi connectivity index (χ0v) is 17.5. The molecule has 1 unspecified atom stereocenters. The highest BCUT2D eigenvalue weighted by Gasteiger charge is 2.35. The number of halogens is 3. The molecule has 0 spiro atoms. The number of rotatable bonds is 5. The van der Waals surface area contributed by atoms with Gasteiger partial charge in [0.2, 0.25) is 0 Å². The summed E-state index contributed by atoms with van der Waals surface area (Å²) in [5.41, 5.74) is 1.74. The second-order valence-electron chi connectivity index (χ2n) is 7.96. The van der Waals surface area contributed by atoms with Crippen LogP contribution in [0.25, 0.3) is 0 Å². The number of hydrogen-bond acceptors (Lipinski definition) is 5. The van der Waals surface area contributed by atoms with Crippen LogP contribution in [0.3, 0.4) is 0 Å². The van der Waals surface area contributed by atoms with Crippen LogP contribution in [0.2, 0.25) is 0 Å². The van der Waals surface area contributed by atoms with Crippen LogP contribution >= 0.6 is 0 Å². The minimum absolute atomic E-state index is 0.132. The Morgan fingerprint density at radius 3 is 2.55 bits per heavy atom. The summed E-state index contributed by atoms with van der Waals surface area (Å²) in [6.45, 7) is 3.75. The summed E-state index contributed by atoms with van der Waals surface area (Å²) < 4.78 is 50.4. The van der Waals surface area contributed by atoms with Crippen molar-refractivity contribution in [2.75, 3.05) is 36.5 Å². The molecule has 0 amide bonds. The van der Waals surface area contributed by atoms with Crippen LogP contribution in [-0.2, 0) is 15.7 Å². The van der Waals surface area contributed by atoms with Crippen molar-refractivity contribution in [1.29, 1.82) is 0 Å². The number of esters is 1. The van der Waals surface area contributed by atoms with Crippen LogP contribution in [0.5, 0.6) is 5.75 Å². The van der Waals surface area contributed by atoms with E-state index in [4.69, 9.17) is 9.47 Å². The van der Waals surface area contributed by atoms with Gasteiger partial charge in [-0.1, -0.05) is 19.4 Å². The van der Waals surface area contributed by atoms with Crippen LogP contribution in [0.1, 0.15) is 25.3 Å². The Labute approximate surface area is 179 Å². The molecular weight excluding hydrogens is 409 g/mol. The zero-order valence-electron chi connectivity index (χ0n) is 17.5. The standard InChI is InChI=1S/C23H25F3N2O3/c1-3-5-19-14-28(20-9-8-16(23(24,25)26)10-21(20)31-19)18-7-4-6-17(11-18)27-12-15(13-27)22(29)30-2/h4,6-11,15,19H,3,5,12-14H2,1-2H3. The second-order valence-corrected chi connectivity index (χ2v) is 7.96. The summed E-state index contributed by atoms with van der Waals surface area (Å²) in [5, 5.41) is 0. The predicted molar refractivity (Wildman–Crippen MR) is 112 cm³/mol. The first kappa shape index (κ1) is 21.3. The van der Waals surface area contributed by atoms with Crippen molar-refractivity contribution in [1.82, 2.24) is 0 Å². The van der Waals surface area contributed by atoms with E-state index in [9.17, 15) is 18.0 Å². The van der Waals surface area contributed by atoms with Crippen molar-refractivity contribution >= 4 is 23.0 Å². The van der Waals surface area contributed by atoms with Crippen molar-refractivity contribution in [2.45, 2.75) is 32.0 Å². The van der Waals surface area contributed by atoms with Crippen LogP contribution in [0.4, 0.5) is 30.2 Å². The van der Waals surface area contributed by atoms with Crippen molar-refractivity contribution in [3.8, 4) is 5.75 Å². The molecule has 0 N–H and O–H groups in total. The number of nitrogens with zero attached hydrogens (tertiary/aromatic N) is 2. The van der Waals surface area contributed by atoms with Gasteiger partial charge in [0.1, 0.15) is 11.9 Å². The largest absolute Gasteiger partial charge is 0.486 e. The molecule has 8 heteroatoms. The summed E-state index contributed by atoms with van der Waals surface area (Å²) in [5.74, 6) is -0.0930. The van der Waals surface area contributed by atoms with E-state index in [2.05, 4.69) is 4.90 Å². The van der Waals surface area contributed by atoms with E-state index in [1.807, 2.05) is 36.1 Å². The third-order valence-corrected chi connectivity index (χ3v) is 5.79. The van der Waals surface area contributed by atoms with Crippen molar-refractivity contribution in [3.05, 3.63) is 48.0 Å². The minimum Gasteiger partial charge on any atom is -0.486 e. The summed E-state index contributed by atoms with van der Waals surface area (Å²) in [7, 11) is 1.39. The molecule has 0 aromatic heterocycles. The quantitative estimate of drug-likeness (QED) is 0.619. The SMILES string of the molecule is CCCC1CN(c2cccc(N3CC(C(=O)OC)C3)c2)c2ccc(C(F)(F)F)cc2O1. The number of methoxy groups -OCH3 is 1. The van der Waals surface area contributed by atoms with Crippen LogP contribution in [0, 0.1) is 5.92 Å². The first-order valence-electron chi connectivity index (χ1n) is 10.4. The molecular formula is C23H25F3N2O3. The summed E-state index contributed by atoms with van der Waals surface area (Å²) in [6.07, 6.45) is -3.00. The van der Waals surface area contributed by atoms with Crippen molar-refractivity contribution < 1.29 is 27.4 Å². The van der Waals surface area contributed by atoms with E-state index in [1.54, 1.807) is 0 Å². The Bertz CT molecular complexity index is 957. The van der Waals surface area contributed by atoms with Crippen molar-refractivity contribution in [2.24, 2.45) is 5.92 Å². The zero-order chi connectivity index (χ0) is 22.2. The molecule has 0 saturated carbocycles. The molecule has 1 fully saturated rings. The Balaban J connectivity index is 1.62. The van der Waals surface area contributed by atoms with E-state index in [0.29, 0.717) is 25.3 Å². The van der Waals surface area contributed by atoms with Gasteiger partial charge in [0.15, 0.2) is 0 Å². The fourth-order valence-corrected chi connectivity index (χ4v) is 4.11. The first-order valence-corrected chi connectivity index (χ1v) is 10.4. The molecule has 166 valence electrons. The van der Waals surface area contributed by atoms with Gasteiger partial charge in [0.25, 0.3) is 0 Å². The lowest BCUT2D eigenvalue weighted by atomic mass is 9.99. The Kier molecular flexibility index (Phi) is 5.73. The smallest absolute Gasteiger partial charge is 0.416 e. The topological polar surface area (TPSA) is 42.0 Å². The maximum Gasteiger partial charge on any atom is 0.416 e. The first-order chi connectivity index (χ1) is 14.8. The second kappa shape index (κ2) is 8.32. The average molecular weight is 434 g/mol. The van der Waals surface area contributed by atoms with Gasteiger partial charge in [-0.15, -0.1) is 0 Å². The lowest BCUT2D eigenvalue weighted by Gasteiger charge is -2.40. The van der Waals surface area contributed by atoms with Crippen LogP contribution < -0.4 is 14.5 Å². The number of ether oxygens (including phenoxy) is 2. The molecule has 2 aromatic rings. The molecule has 31 heavy (non-hydrogen) atoms. The highest BCUT2D eigenvalue weighted by molar-refractivity contribution is 5.78. The molecule has 0 radical (unpaired) electrons. The fourth-order valence-electron chi connectivity index (χ4n) is 4.11. The summed E-state index contributed by atoms with van der Waals surface area (Å²) in [6, 6.07) is 11.5. The monoisotopic (exact) mass is 434 g/mol. The van der Waals surface area contributed by atoms with Crippen LogP contribution in [0.15, 0.2) is 42.5 Å². The van der Waals surface area contributed by atoms with Gasteiger partial charge >= 0.3 is 12.1 Å². The molecule has 2 aliphatic heterocycles. The van der Waals surface area contributed by atoms with Crippen LogP contribution in [-0.4, -0.2) is 38.8 Å². The third-order valence-electron chi connectivity index (χ3n) is 5.79. The van der Waals surface area contributed by atoms with Crippen molar-refractivity contribution in [3.63, 3.8) is 0 Å². The molecule has 5 nitrogen and oxygen atoms in total.